The molecule has 1 rings (SSSR count). The van der Waals surface area contributed by atoms with E-state index in [1.54, 1.807) is 19.1 Å². The molecule has 0 aliphatic heterocycles. The van der Waals surface area contributed by atoms with Gasteiger partial charge in [-0.25, -0.2) is 0 Å². The minimum absolute atomic E-state index is 0.312. The van der Waals surface area contributed by atoms with Gasteiger partial charge in [0.2, 0.25) is 0 Å². The number of ether oxygens (including phenoxy) is 1. The summed E-state index contributed by atoms with van der Waals surface area (Å²) >= 11 is 7.12. The largest absolute Gasteiger partial charge is 0.411 e. The van der Waals surface area contributed by atoms with Gasteiger partial charge in [-0.05, 0) is 26.0 Å². The Morgan fingerprint density at radius 1 is 1.50 bits per heavy atom. The molecule has 0 N–H and O–H groups in total. The number of hydrogen-bond donors (Lipinski definition) is 0. The predicted molar refractivity (Wildman–Crippen MR) is 71.9 cm³/mol. The van der Waals surface area contributed by atoms with Crippen molar-refractivity contribution in [2.75, 3.05) is 13.2 Å². The zero-order chi connectivity index (χ0) is 15.3. The third-order valence-corrected chi connectivity index (χ3v) is 3.73. The fraction of sp³-hybridized carbons (Fsp3) is 0.583. The van der Waals surface area contributed by atoms with Gasteiger partial charge in [-0.15, -0.1) is 11.3 Å². The number of thiophene rings is 1. The first-order valence-corrected chi connectivity index (χ1v) is 7.13. The Kier molecular flexibility index (Phi) is 6.29. The number of likely N-dealkylation sites (N-methyl/N-ethyl adjacent to an activating group) is 1. The molecule has 3 nitrogen and oxygen atoms in total. The molecule has 0 aliphatic rings. The Morgan fingerprint density at radius 2 is 2.15 bits per heavy atom. The van der Waals surface area contributed by atoms with Gasteiger partial charge in [-0.3, -0.25) is 4.79 Å². The first-order chi connectivity index (χ1) is 9.23. The Balaban J connectivity index is 2.57. The summed E-state index contributed by atoms with van der Waals surface area (Å²) in [6.07, 6.45) is -5.57. The molecule has 8 heteroatoms. The Morgan fingerprint density at radius 3 is 2.60 bits per heavy atom. The van der Waals surface area contributed by atoms with Gasteiger partial charge in [0.15, 0.2) is 0 Å². The molecule has 1 atom stereocenters. The summed E-state index contributed by atoms with van der Waals surface area (Å²) in [7, 11) is 0. The topological polar surface area (TPSA) is 29.5 Å². The summed E-state index contributed by atoms with van der Waals surface area (Å²) in [4.78, 5) is 14.3. The average molecular weight is 330 g/mol. The third kappa shape index (κ3) is 5.68. The molecule has 0 radical (unpaired) electrons. The van der Waals surface area contributed by atoms with Crippen LogP contribution in [0.25, 0.3) is 0 Å². The van der Waals surface area contributed by atoms with Crippen LogP contribution in [-0.2, 0) is 16.1 Å². The van der Waals surface area contributed by atoms with Gasteiger partial charge in [0, 0.05) is 11.4 Å². The van der Waals surface area contributed by atoms with Crippen LogP contribution < -0.4 is 0 Å². The van der Waals surface area contributed by atoms with Crippen LogP contribution in [-0.4, -0.2) is 36.2 Å². The van der Waals surface area contributed by atoms with E-state index in [1.165, 1.54) is 23.2 Å². The number of nitrogens with zero attached hydrogens (tertiary/aromatic N) is 1. The second-order valence-corrected chi connectivity index (χ2v) is 5.93. The summed E-state index contributed by atoms with van der Waals surface area (Å²) in [6, 6.07) is 3.49. The zero-order valence-corrected chi connectivity index (χ0v) is 12.6. The lowest BCUT2D eigenvalue weighted by atomic mass is 10.3. The minimum atomic E-state index is -4.44. The zero-order valence-electron chi connectivity index (χ0n) is 11.0. The fourth-order valence-electron chi connectivity index (χ4n) is 1.52. The van der Waals surface area contributed by atoms with Crippen molar-refractivity contribution < 1.29 is 22.7 Å². The molecule has 0 aliphatic carbocycles. The number of halogens is 4. The number of rotatable bonds is 6. The summed E-state index contributed by atoms with van der Waals surface area (Å²) in [6.45, 7) is 2.34. The molecule has 114 valence electrons. The van der Waals surface area contributed by atoms with Gasteiger partial charge in [-0.1, -0.05) is 11.6 Å². The molecule has 0 bridgehead atoms. The fourth-order valence-corrected chi connectivity index (χ4v) is 2.62. The number of carbonyl (C=O) groups excluding carboxylic acids is 1. The van der Waals surface area contributed by atoms with Crippen LogP contribution in [0.4, 0.5) is 13.2 Å². The second-order valence-electron chi connectivity index (χ2n) is 4.13. The molecule has 0 saturated heterocycles. The number of carbonyl (C=O) groups is 1. The first-order valence-electron chi connectivity index (χ1n) is 5.94. The van der Waals surface area contributed by atoms with Crippen molar-refractivity contribution in [2.45, 2.75) is 32.7 Å². The van der Waals surface area contributed by atoms with Crippen molar-refractivity contribution in [2.24, 2.45) is 0 Å². The Hall–Kier alpha value is -0.790. The van der Waals surface area contributed by atoms with Gasteiger partial charge in [0.05, 0.1) is 10.9 Å². The van der Waals surface area contributed by atoms with E-state index in [0.717, 1.165) is 4.88 Å². The molecular weight excluding hydrogens is 315 g/mol. The molecule has 1 amide bonds. The summed E-state index contributed by atoms with van der Waals surface area (Å²) < 4.78 is 41.3. The van der Waals surface area contributed by atoms with Crippen LogP contribution in [0.15, 0.2) is 12.1 Å². The highest BCUT2D eigenvalue weighted by molar-refractivity contribution is 7.16. The molecule has 1 heterocycles. The van der Waals surface area contributed by atoms with E-state index in [4.69, 9.17) is 11.6 Å². The van der Waals surface area contributed by atoms with E-state index in [-0.39, 0.29) is 0 Å². The van der Waals surface area contributed by atoms with Crippen LogP contribution >= 0.6 is 22.9 Å². The maximum atomic E-state index is 12.0. The maximum Gasteiger partial charge on any atom is 0.411 e. The number of hydrogen-bond acceptors (Lipinski definition) is 3. The van der Waals surface area contributed by atoms with Crippen LogP contribution in [0.2, 0.25) is 4.34 Å². The lowest BCUT2D eigenvalue weighted by molar-refractivity contribution is -0.188. The van der Waals surface area contributed by atoms with Crippen molar-refractivity contribution in [3.63, 3.8) is 0 Å². The van der Waals surface area contributed by atoms with Gasteiger partial charge >= 0.3 is 6.18 Å². The third-order valence-electron chi connectivity index (χ3n) is 2.51. The van der Waals surface area contributed by atoms with Gasteiger partial charge in [0.1, 0.15) is 12.7 Å². The molecule has 20 heavy (non-hydrogen) atoms. The lowest BCUT2D eigenvalue weighted by Gasteiger charge is -2.24. The van der Waals surface area contributed by atoms with Crippen molar-refractivity contribution >= 4 is 28.8 Å². The highest BCUT2D eigenvalue weighted by atomic mass is 35.5. The van der Waals surface area contributed by atoms with E-state index in [9.17, 15) is 18.0 Å². The van der Waals surface area contributed by atoms with E-state index >= 15 is 0 Å². The molecule has 1 aromatic rings. The smallest absolute Gasteiger partial charge is 0.359 e. The van der Waals surface area contributed by atoms with Crippen molar-refractivity contribution in [3.05, 3.63) is 21.3 Å². The molecule has 0 aromatic carbocycles. The van der Waals surface area contributed by atoms with E-state index in [0.29, 0.717) is 17.4 Å². The quantitative estimate of drug-likeness (QED) is 0.796. The van der Waals surface area contributed by atoms with Gasteiger partial charge < -0.3 is 9.64 Å². The van der Waals surface area contributed by atoms with Gasteiger partial charge in [0.25, 0.3) is 5.91 Å². The van der Waals surface area contributed by atoms with Crippen molar-refractivity contribution in [1.29, 1.82) is 0 Å². The van der Waals surface area contributed by atoms with Crippen molar-refractivity contribution in [3.8, 4) is 0 Å². The monoisotopic (exact) mass is 329 g/mol. The highest BCUT2D eigenvalue weighted by Crippen LogP contribution is 2.23. The van der Waals surface area contributed by atoms with Crippen LogP contribution in [0.3, 0.4) is 0 Å². The summed E-state index contributed by atoms with van der Waals surface area (Å²) in [5.74, 6) is -0.471. The second kappa shape index (κ2) is 7.28. The Labute approximate surface area is 124 Å². The van der Waals surface area contributed by atoms with Gasteiger partial charge in [-0.2, -0.15) is 13.2 Å². The normalized spacial score (nSPS) is 13.3. The van der Waals surface area contributed by atoms with Crippen LogP contribution in [0.1, 0.15) is 18.7 Å². The van der Waals surface area contributed by atoms with Crippen LogP contribution in [0, 0.1) is 0 Å². The van der Waals surface area contributed by atoms with Crippen molar-refractivity contribution in [1.82, 2.24) is 4.90 Å². The summed E-state index contributed by atoms with van der Waals surface area (Å²) in [5.41, 5.74) is 0. The number of amides is 1. The molecule has 0 spiro atoms. The van der Waals surface area contributed by atoms with E-state index in [1.807, 2.05) is 0 Å². The molecule has 1 aromatic heterocycles. The van der Waals surface area contributed by atoms with E-state index < -0.39 is 24.8 Å². The highest BCUT2D eigenvalue weighted by Gasteiger charge is 2.31. The first kappa shape index (κ1) is 17.3. The van der Waals surface area contributed by atoms with Crippen LogP contribution in [0.5, 0.6) is 0 Å². The molecular formula is C12H15ClF3NO2S. The molecule has 1 unspecified atom stereocenters. The predicted octanol–water partition coefficient (Wildman–Crippen LogP) is 3.72. The number of alkyl halides is 3. The summed E-state index contributed by atoms with van der Waals surface area (Å²) in [5, 5.41) is 0. The molecule has 0 saturated carbocycles. The molecule has 0 fully saturated rings. The Bertz CT molecular complexity index is 450. The van der Waals surface area contributed by atoms with E-state index in [2.05, 4.69) is 4.74 Å². The SMILES string of the molecule is CCN(Cc1ccc(Cl)s1)C(=O)C(C)OCC(F)(F)F. The minimum Gasteiger partial charge on any atom is -0.359 e. The maximum absolute atomic E-state index is 12.0. The standard InChI is InChI=1S/C12H15ClF3NO2S/c1-3-17(6-9-4-5-10(13)20-9)11(18)8(2)19-7-12(14,15)16/h4-5,8H,3,6-7H2,1-2H3. The average Bonchev–Trinajstić information content (AvgIpc) is 2.77. The lowest BCUT2D eigenvalue weighted by Crippen LogP contribution is -2.39.